The number of allylic oxidation sites excluding steroid dienone is 3. The minimum atomic E-state index is 0.973. The number of aliphatic imine (C=N–C) groups is 1. The van der Waals surface area contributed by atoms with Crippen molar-refractivity contribution in [1.82, 2.24) is 4.90 Å². The maximum absolute atomic E-state index is 5.03. The lowest BCUT2D eigenvalue weighted by Crippen LogP contribution is -2.11. The molecule has 2 aromatic carbocycles. The molecule has 0 saturated heterocycles. The van der Waals surface area contributed by atoms with Crippen LogP contribution in [0.2, 0.25) is 0 Å². The van der Waals surface area contributed by atoms with E-state index in [9.17, 15) is 0 Å². The summed E-state index contributed by atoms with van der Waals surface area (Å²) in [6.45, 7) is 8.55. The Bertz CT molecular complexity index is 904. The van der Waals surface area contributed by atoms with Gasteiger partial charge in [-0.1, -0.05) is 48.0 Å². The average molecular weight is 345 g/mol. The molecule has 1 aliphatic rings. The van der Waals surface area contributed by atoms with Gasteiger partial charge in [-0.15, -0.1) is 0 Å². The van der Waals surface area contributed by atoms with Crippen LogP contribution in [0.3, 0.4) is 0 Å². The Kier molecular flexibility index (Phi) is 5.13. The molecule has 0 radical (unpaired) electrons. The topological polar surface area (TPSA) is 15.6 Å². The van der Waals surface area contributed by atoms with Gasteiger partial charge in [0.1, 0.15) is 0 Å². The predicted octanol–water partition coefficient (Wildman–Crippen LogP) is 5.99. The summed E-state index contributed by atoms with van der Waals surface area (Å²) < 4.78 is 0. The highest BCUT2D eigenvalue weighted by Crippen LogP contribution is 2.33. The van der Waals surface area contributed by atoms with Gasteiger partial charge in [0.05, 0.1) is 5.69 Å². The maximum Gasteiger partial charge on any atom is 0.0691 e. The van der Waals surface area contributed by atoms with Crippen molar-refractivity contribution < 1.29 is 0 Å². The SMILES string of the molecule is C/C(=N\c1c(C)cc(C)cc1C)c1ccccc1C1=C(N(C)C)C=CC1. The number of benzene rings is 2. The van der Waals surface area contributed by atoms with Crippen LogP contribution in [0.4, 0.5) is 5.69 Å². The van der Waals surface area contributed by atoms with E-state index in [1.165, 1.54) is 39.1 Å². The largest absolute Gasteiger partial charge is 0.377 e. The van der Waals surface area contributed by atoms with Crippen molar-refractivity contribution in [3.05, 3.63) is 82.1 Å². The summed E-state index contributed by atoms with van der Waals surface area (Å²) in [5, 5.41) is 0. The summed E-state index contributed by atoms with van der Waals surface area (Å²) in [5.74, 6) is 0. The number of nitrogens with zero attached hydrogens (tertiary/aromatic N) is 2. The number of likely N-dealkylation sites (N-methyl/N-ethyl adjacent to an activating group) is 1. The normalized spacial score (nSPS) is 14.3. The summed E-state index contributed by atoms with van der Waals surface area (Å²) in [4.78, 5) is 7.22. The third kappa shape index (κ3) is 3.50. The van der Waals surface area contributed by atoms with Crippen molar-refractivity contribution in [1.29, 1.82) is 0 Å². The fourth-order valence-corrected chi connectivity index (χ4v) is 3.80. The summed E-state index contributed by atoms with van der Waals surface area (Å²) >= 11 is 0. The van der Waals surface area contributed by atoms with Crippen LogP contribution in [0.1, 0.15) is 41.2 Å². The van der Waals surface area contributed by atoms with E-state index in [0.717, 1.165) is 17.8 Å². The Morgan fingerprint density at radius 3 is 2.31 bits per heavy atom. The first kappa shape index (κ1) is 18.2. The van der Waals surface area contributed by atoms with Crippen molar-refractivity contribution in [3.8, 4) is 0 Å². The standard InChI is InChI=1S/C24H28N2/c1-16-14-17(2)24(18(3)15-16)25-19(4)20-10-7-8-11-21(20)22-12-9-13-23(22)26(5)6/h7-11,13-15H,12H2,1-6H3/b25-19+. The molecule has 0 heterocycles. The van der Waals surface area contributed by atoms with Gasteiger partial charge < -0.3 is 4.90 Å². The van der Waals surface area contributed by atoms with E-state index < -0.39 is 0 Å². The first-order valence-electron chi connectivity index (χ1n) is 9.18. The minimum Gasteiger partial charge on any atom is -0.377 e. The Hall–Kier alpha value is -2.61. The second-order valence-electron chi connectivity index (χ2n) is 7.35. The van der Waals surface area contributed by atoms with E-state index in [1.807, 2.05) is 0 Å². The monoisotopic (exact) mass is 344 g/mol. The van der Waals surface area contributed by atoms with Crippen molar-refractivity contribution >= 4 is 17.0 Å². The molecule has 2 nitrogen and oxygen atoms in total. The van der Waals surface area contributed by atoms with Crippen LogP contribution in [-0.2, 0) is 0 Å². The Morgan fingerprint density at radius 2 is 1.65 bits per heavy atom. The molecule has 0 aliphatic heterocycles. The smallest absolute Gasteiger partial charge is 0.0691 e. The zero-order valence-electron chi connectivity index (χ0n) is 16.7. The number of hydrogen-bond donors (Lipinski definition) is 0. The van der Waals surface area contributed by atoms with Crippen LogP contribution < -0.4 is 0 Å². The molecule has 0 fully saturated rings. The Labute approximate surface area is 157 Å². The molecule has 0 aromatic heterocycles. The van der Waals surface area contributed by atoms with E-state index >= 15 is 0 Å². The first-order chi connectivity index (χ1) is 12.4. The highest BCUT2D eigenvalue weighted by atomic mass is 15.1. The minimum absolute atomic E-state index is 0.973. The van der Waals surface area contributed by atoms with Gasteiger partial charge in [-0.05, 0) is 62.5 Å². The molecule has 0 unspecified atom stereocenters. The molecule has 3 rings (SSSR count). The van der Waals surface area contributed by atoms with Crippen LogP contribution in [0, 0.1) is 20.8 Å². The lowest BCUT2D eigenvalue weighted by Gasteiger charge is -2.18. The Balaban J connectivity index is 2.11. The second-order valence-corrected chi connectivity index (χ2v) is 7.35. The van der Waals surface area contributed by atoms with E-state index in [-0.39, 0.29) is 0 Å². The average Bonchev–Trinajstić information content (AvgIpc) is 3.07. The molecule has 0 bridgehead atoms. The second kappa shape index (κ2) is 7.33. The van der Waals surface area contributed by atoms with Gasteiger partial charge in [0, 0.05) is 31.1 Å². The molecule has 2 heteroatoms. The fraction of sp³-hybridized carbons (Fsp3) is 0.292. The van der Waals surface area contributed by atoms with Gasteiger partial charge in [0.15, 0.2) is 0 Å². The number of rotatable bonds is 4. The molecule has 0 spiro atoms. The number of aryl methyl sites for hydroxylation is 3. The lowest BCUT2D eigenvalue weighted by molar-refractivity contribution is 0.533. The zero-order valence-corrected chi connectivity index (χ0v) is 16.7. The molecule has 134 valence electrons. The zero-order chi connectivity index (χ0) is 18.8. The molecular weight excluding hydrogens is 316 g/mol. The van der Waals surface area contributed by atoms with Gasteiger partial charge in [0.25, 0.3) is 0 Å². The molecule has 2 aromatic rings. The van der Waals surface area contributed by atoms with Crippen LogP contribution >= 0.6 is 0 Å². The fourth-order valence-electron chi connectivity index (χ4n) is 3.80. The van der Waals surface area contributed by atoms with Gasteiger partial charge in [0.2, 0.25) is 0 Å². The third-order valence-electron chi connectivity index (χ3n) is 4.95. The van der Waals surface area contributed by atoms with Gasteiger partial charge in [-0.2, -0.15) is 0 Å². The highest BCUT2D eigenvalue weighted by Gasteiger charge is 2.17. The van der Waals surface area contributed by atoms with E-state index in [4.69, 9.17) is 4.99 Å². The lowest BCUT2D eigenvalue weighted by atomic mass is 9.95. The number of hydrogen-bond acceptors (Lipinski definition) is 2. The maximum atomic E-state index is 5.03. The van der Waals surface area contributed by atoms with Gasteiger partial charge in [-0.3, -0.25) is 4.99 Å². The van der Waals surface area contributed by atoms with Gasteiger partial charge >= 0.3 is 0 Å². The van der Waals surface area contributed by atoms with E-state index in [1.54, 1.807) is 0 Å². The van der Waals surface area contributed by atoms with Crippen LogP contribution in [0.5, 0.6) is 0 Å². The van der Waals surface area contributed by atoms with Crippen LogP contribution in [-0.4, -0.2) is 24.7 Å². The third-order valence-corrected chi connectivity index (χ3v) is 4.95. The van der Waals surface area contributed by atoms with Crippen molar-refractivity contribution in [2.24, 2.45) is 4.99 Å². The molecule has 0 atom stereocenters. The van der Waals surface area contributed by atoms with Crippen molar-refractivity contribution in [2.45, 2.75) is 34.1 Å². The predicted molar refractivity (Wildman–Crippen MR) is 113 cm³/mol. The van der Waals surface area contributed by atoms with Gasteiger partial charge in [-0.25, -0.2) is 0 Å². The van der Waals surface area contributed by atoms with E-state index in [0.29, 0.717) is 0 Å². The van der Waals surface area contributed by atoms with Crippen molar-refractivity contribution in [2.75, 3.05) is 14.1 Å². The molecule has 0 N–H and O–H groups in total. The van der Waals surface area contributed by atoms with Crippen molar-refractivity contribution in [3.63, 3.8) is 0 Å². The first-order valence-corrected chi connectivity index (χ1v) is 9.18. The summed E-state index contributed by atoms with van der Waals surface area (Å²) in [6, 6.07) is 13.0. The van der Waals surface area contributed by atoms with Crippen LogP contribution in [0.25, 0.3) is 5.57 Å². The summed E-state index contributed by atoms with van der Waals surface area (Å²) in [7, 11) is 4.21. The summed E-state index contributed by atoms with van der Waals surface area (Å²) in [5.41, 5.74) is 11.1. The molecule has 0 saturated carbocycles. The molecule has 26 heavy (non-hydrogen) atoms. The van der Waals surface area contributed by atoms with Crippen LogP contribution in [0.15, 0.2) is 59.2 Å². The highest BCUT2D eigenvalue weighted by molar-refractivity contribution is 6.05. The molecule has 1 aliphatic carbocycles. The van der Waals surface area contributed by atoms with E-state index in [2.05, 4.69) is 95.2 Å². The quantitative estimate of drug-likeness (QED) is 0.622. The molecular formula is C24H28N2. The Morgan fingerprint density at radius 1 is 1.00 bits per heavy atom. The summed E-state index contributed by atoms with van der Waals surface area (Å²) in [6.07, 6.45) is 5.43. The molecule has 0 amide bonds.